The molecule has 28 heavy (non-hydrogen) atoms. The summed E-state index contributed by atoms with van der Waals surface area (Å²) in [6.45, 7) is 7.94. The molecule has 1 unspecified atom stereocenters. The molecule has 0 N–H and O–H groups in total. The normalized spacial score (nSPS) is 15.9. The number of anilines is 1. The maximum Gasteiger partial charge on any atom is 0.160 e. The van der Waals surface area contributed by atoms with Gasteiger partial charge in [-0.15, -0.1) is 0 Å². The Labute approximate surface area is 167 Å². The third kappa shape index (κ3) is 4.65. The molecule has 1 aliphatic heterocycles. The van der Waals surface area contributed by atoms with Crippen LogP contribution in [0.3, 0.4) is 0 Å². The zero-order valence-corrected chi connectivity index (χ0v) is 17.3. The largest absolute Gasteiger partial charge is 0.493 e. The first kappa shape index (κ1) is 20.2. The molecule has 0 radical (unpaired) electrons. The Bertz CT molecular complexity index is 796. The van der Waals surface area contributed by atoms with Gasteiger partial charge in [0.15, 0.2) is 17.3 Å². The third-order valence-corrected chi connectivity index (χ3v) is 5.56. The Morgan fingerprint density at radius 2 is 1.61 bits per heavy atom. The lowest BCUT2D eigenvalue weighted by molar-refractivity contribution is 0.101. The quantitative estimate of drug-likeness (QED) is 0.684. The van der Waals surface area contributed by atoms with Crippen LogP contribution in [0.1, 0.15) is 29.8 Å². The van der Waals surface area contributed by atoms with E-state index in [1.807, 2.05) is 18.2 Å². The highest BCUT2D eigenvalue weighted by atomic mass is 16.5. The average molecular weight is 383 g/mol. The van der Waals surface area contributed by atoms with Crippen molar-refractivity contribution in [2.45, 2.75) is 26.3 Å². The Morgan fingerprint density at radius 3 is 2.18 bits per heavy atom. The first-order valence-corrected chi connectivity index (χ1v) is 9.82. The second-order valence-corrected chi connectivity index (χ2v) is 7.37. The van der Waals surface area contributed by atoms with E-state index in [0.717, 1.165) is 49.7 Å². The molecule has 1 heterocycles. The van der Waals surface area contributed by atoms with E-state index in [-0.39, 0.29) is 5.78 Å². The highest BCUT2D eigenvalue weighted by molar-refractivity contribution is 5.94. The summed E-state index contributed by atoms with van der Waals surface area (Å²) in [6, 6.07) is 14.6. The van der Waals surface area contributed by atoms with E-state index in [9.17, 15) is 4.79 Å². The lowest BCUT2D eigenvalue weighted by atomic mass is 10.0. The van der Waals surface area contributed by atoms with Crippen molar-refractivity contribution in [2.75, 3.05) is 45.3 Å². The smallest absolute Gasteiger partial charge is 0.160 e. The standard InChI is InChI=1S/C23H30N2O3/c1-17(15-19-5-10-22(27-3)23(16-19)28-4)24-11-13-25(14-12-24)21-8-6-20(7-9-21)18(2)26/h5-10,16-17H,11-15H2,1-4H3. The summed E-state index contributed by atoms with van der Waals surface area (Å²) in [4.78, 5) is 16.4. The highest BCUT2D eigenvalue weighted by Gasteiger charge is 2.22. The number of nitrogens with zero attached hydrogens (tertiary/aromatic N) is 2. The summed E-state index contributed by atoms with van der Waals surface area (Å²) >= 11 is 0. The van der Waals surface area contributed by atoms with Gasteiger partial charge in [-0.1, -0.05) is 6.07 Å². The maximum atomic E-state index is 11.4. The van der Waals surface area contributed by atoms with Crippen LogP contribution in [0.15, 0.2) is 42.5 Å². The van der Waals surface area contributed by atoms with E-state index in [1.165, 1.54) is 11.3 Å². The van der Waals surface area contributed by atoms with Crippen LogP contribution in [-0.2, 0) is 6.42 Å². The van der Waals surface area contributed by atoms with E-state index in [0.29, 0.717) is 6.04 Å². The van der Waals surface area contributed by atoms with Gasteiger partial charge in [0, 0.05) is 43.5 Å². The van der Waals surface area contributed by atoms with E-state index in [1.54, 1.807) is 21.1 Å². The summed E-state index contributed by atoms with van der Waals surface area (Å²) < 4.78 is 10.8. The summed E-state index contributed by atoms with van der Waals surface area (Å²) in [7, 11) is 3.33. The molecule has 1 atom stereocenters. The zero-order chi connectivity index (χ0) is 20.1. The van der Waals surface area contributed by atoms with Crippen LogP contribution in [-0.4, -0.2) is 57.1 Å². The lowest BCUT2D eigenvalue weighted by Gasteiger charge is -2.39. The van der Waals surface area contributed by atoms with E-state index in [4.69, 9.17) is 9.47 Å². The molecular formula is C23H30N2O3. The monoisotopic (exact) mass is 382 g/mol. The van der Waals surface area contributed by atoms with E-state index in [2.05, 4.69) is 41.0 Å². The molecule has 5 nitrogen and oxygen atoms in total. The van der Waals surface area contributed by atoms with Crippen molar-refractivity contribution in [2.24, 2.45) is 0 Å². The highest BCUT2D eigenvalue weighted by Crippen LogP contribution is 2.28. The summed E-state index contributed by atoms with van der Waals surface area (Å²) in [5, 5.41) is 0. The fourth-order valence-electron chi connectivity index (χ4n) is 3.81. The molecule has 2 aromatic carbocycles. The molecule has 2 aromatic rings. The number of carbonyl (C=O) groups excluding carboxylic acids is 1. The number of ketones is 1. The second-order valence-electron chi connectivity index (χ2n) is 7.37. The summed E-state index contributed by atoms with van der Waals surface area (Å²) in [5.41, 5.74) is 3.22. The van der Waals surface area contributed by atoms with Crippen molar-refractivity contribution in [3.05, 3.63) is 53.6 Å². The van der Waals surface area contributed by atoms with Crippen molar-refractivity contribution in [1.29, 1.82) is 0 Å². The van der Waals surface area contributed by atoms with Gasteiger partial charge in [0.25, 0.3) is 0 Å². The molecule has 1 fully saturated rings. The van der Waals surface area contributed by atoms with Gasteiger partial charge in [-0.05, 0) is 62.2 Å². The fourth-order valence-corrected chi connectivity index (χ4v) is 3.81. The first-order chi connectivity index (χ1) is 13.5. The van der Waals surface area contributed by atoms with Crippen LogP contribution in [0, 0.1) is 0 Å². The van der Waals surface area contributed by atoms with Crippen molar-refractivity contribution < 1.29 is 14.3 Å². The number of rotatable bonds is 7. The third-order valence-electron chi connectivity index (χ3n) is 5.56. The molecule has 1 saturated heterocycles. The molecular weight excluding hydrogens is 352 g/mol. The van der Waals surface area contributed by atoms with Crippen molar-refractivity contribution in [3.8, 4) is 11.5 Å². The maximum absolute atomic E-state index is 11.4. The summed E-state index contributed by atoms with van der Waals surface area (Å²) in [6.07, 6.45) is 0.980. The molecule has 3 rings (SSSR count). The number of hydrogen-bond donors (Lipinski definition) is 0. The molecule has 1 aliphatic rings. The molecule has 0 spiro atoms. The van der Waals surface area contributed by atoms with Gasteiger partial charge in [0.1, 0.15) is 0 Å². The van der Waals surface area contributed by atoms with E-state index < -0.39 is 0 Å². The van der Waals surface area contributed by atoms with Crippen LogP contribution in [0.2, 0.25) is 0 Å². The number of ether oxygens (including phenoxy) is 2. The first-order valence-electron chi connectivity index (χ1n) is 9.82. The van der Waals surface area contributed by atoms with E-state index >= 15 is 0 Å². The van der Waals surface area contributed by atoms with Crippen LogP contribution in [0.4, 0.5) is 5.69 Å². The molecule has 5 heteroatoms. The predicted molar refractivity (Wildman–Crippen MR) is 113 cm³/mol. The molecule has 0 bridgehead atoms. The van der Waals surface area contributed by atoms with Crippen LogP contribution in [0.25, 0.3) is 0 Å². The molecule has 150 valence electrons. The number of benzene rings is 2. The SMILES string of the molecule is COc1ccc(CC(C)N2CCN(c3ccc(C(C)=O)cc3)CC2)cc1OC. The Balaban J connectivity index is 1.56. The molecule has 0 amide bonds. The fraction of sp³-hybridized carbons (Fsp3) is 0.435. The van der Waals surface area contributed by atoms with Gasteiger partial charge in [0.2, 0.25) is 0 Å². The molecule has 0 aliphatic carbocycles. The van der Waals surface area contributed by atoms with Gasteiger partial charge >= 0.3 is 0 Å². The van der Waals surface area contributed by atoms with Crippen LogP contribution >= 0.6 is 0 Å². The van der Waals surface area contributed by atoms with Gasteiger partial charge in [-0.25, -0.2) is 0 Å². The Hall–Kier alpha value is -2.53. The minimum absolute atomic E-state index is 0.111. The van der Waals surface area contributed by atoms with Crippen molar-refractivity contribution >= 4 is 11.5 Å². The number of hydrogen-bond acceptors (Lipinski definition) is 5. The number of carbonyl (C=O) groups is 1. The van der Waals surface area contributed by atoms with Gasteiger partial charge in [0.05, 0.1) is 14.2 Å². The second kappa shape index (κ2) is 9.11. The number of piperazine rings is 1. The summed E-state index contributed by atoms with van der Waals surface area (Å²) in [5.74, 6) is 1.66. The number of methoxy groups -OCH3 is 2. The Morgan fingerprint density at radius 1 is 0.964 bits per heavy atom. The number of Topliss-reactive ketones (excluding diaryl/α,β-unsaturated/α-hetero) is 1. The Kier molecular flexibility index (Phi) is 6.57. The minimum atomic E-state index is 0.111. The van der Waals surface area contributed by atoms with Crippen LogP contribution < -0.4 is 14.4 Å². The minimum Gasteiger partial charge on any atom is -0.493 e. The average Bonchev–Trinajstić information content (AvgIpc) is 2.73. The predicted octanol–water partition coefficient (Wildman–Crippen LogP) is 3.66. The lowest BCUT2D eigenvalue weighted by Crippen LogP contribution is -2.50. The van der Waals surface area contributed by atoms with Gasteiger partial charge < -0.3 is 14.4 Å². The topological polar surface area (TPSA) is 42.0 Å². The molecule has 0 saturated carbocycles. The van der Waals surface area contributed by atoms with Crippen molar-refractivity contribution in [3.63, 3.8) is 0 Å². The zero-order valence-electron chi connectivity index (χ0n) is 17.3. The van der Waals surface area contributed by atoms with Crippen LogP contribution in [0.5, 0.6) is 11.5 Å². The molecule has 0 aromatic heterocycles. The van der Waals surface area contributed by atoms with Crippen molar-refractivity contribution in [1.82, 2.24) is 4.90 Å². The van der Waals surface area contributed by atoms with Gasteiger partial charge in [-0.3, -0.25) is 9.69 Å². The van der Waals surface area contributed by atoms with Gasteiger partial charge in [-0.2, -0.15) is 0 Å².